The van der Waals surface area contributed by atoms with Crippen LogP contribution in [0.1, 0.15) is 30.0 Å². The maximum absolute atomic E-state index is 12.9. The maximum Gasteiger partial charge on any atom is 0.332 e. The van der Waals surface area contributed by atoms with Crippen molar-refractivity contribution in [3.8, 4) is 5.75 Å². The van der Waals surface area contributed by atoms with Gasteiger partial charge in [0.15, 0.2) is 16.8 Å². The normalized spacial score (nSPS) is 11.2. The first-order valence-electron chi connectivity index (χ1n) is 10.1. The van der Waals surface area contributed by atoms with Gasteiger partial charge in [0.1, 0.15) is 23.7 Å². The quantitative estimate of drug-likeness (QED) is 0.355. The molecule has 0 saturated heterocycles. The van der Waals surface area contributed by atoms with E-state index in [2.05, 4.69) is 10.2 Å². The molecule has 0 aliphatic carbocycles. The highest BCUT2D eigenvalue weighted by molar-refractivity contribution is 7.99. The third-order valence-corrected chi connectivity index (χ3v) is 6.12. The average Bonchev–Trinajstić information content (AvgIpc) is 3.12. The molecule has 10 nitrogen and oxygen atoms in total. The molecule has 0 radical (unpaired) electrons. The molecule has 0 amide bonds. The Morgan fingerprint density at radius 1 is 1.15 bits per heavy atom. The second-order valence-corrected chi connectivity index (χ2v) is 9.20. The SMILES string of the molecule is CC(C)Cn1c(N)c(C(=O)CSc2nnc(COc3ccc(Cl)cc3)n2C)c(=O)n(C)c1=O. The summed E-state index contributed by atoms with van der Waals surface area (Å²) in [6.07, 6.45) is 0. The molecule has 1 aromatic carbocycles. The molecule has 0 atom stereocenters. The van der Waals surface area contributed by atoms with Gasteiger partial charge in [-0.25, -0.2) is 4.79 Å². The minimum atomic E-state index is -0.710. The lowest BCUT2D eigenvalue weighted by atomic mass is 10.2. The molecule has 0 saturated carbocycles. The van der Waals surface area contributed by atoms with Gasteiger partial charge in [-0.2, -0.15) is 0 Å². The monoisotopic (exact) mass is 492 g/mol. The van der Waals surface area contributed by atoms with E-state index in [-0.39, 0.29) is 29.7 Å². The van der Waals surface area contributed by atoms with Crippen molar-refractivity contribution in [2.24, 2.45) is 20.0 Å². The summed E-state index contributed by atoms with van der Waals surface area (Å²) >= 11 is 6.99. The highest BCUT2D eigenvalue weighted by atomic mass is 35.5. The Hall–Kier alpha value is -3.05. The zero-order valence-corrected chi connectivity index (χ0v) is 20.3. The van der Waals surface area contributed by atoms with Crippen LogP contribution in [-0.4, -0.2) is 35.4 Å². The zero-order valence-electron chi connectivity index (χ0n) is 18.7. The number of benzene rings is 1. The molecule has 176 valence electrons. The van der Waals surface area contributed by atoms with Gasteiger partial charge >= 0.3 is 5.69 Å². The van der Waals surface area contributed by atoms with Gasteiger partial charge in [-0.05, 0) is 30.2 Å². The van der Waals surface area contributed by atoms with Crippen molar-refractivity contribution < 1.29 is 9.53 Å². The van der Waals surface area contributed by atoms with Crippen molar-refractivity contribution in [2.45, 2.75) is 32.2 Å². The number of ketones is 1. The van der Waals surface area contributed by atoms with Crippen LogP contribution >= 0.6 is 23.4 Å². The Balaban J connectivity index is 1.74. The fourth-order valence-electron chi connectivity index (χ4n) is 3.06. The number of nitrogens with zero attached hydrogens (tertiary/aromatic N) is 5. The summed E-state index contributed by atoms with van der Waals surface area (Å²) in [4.78, 5) is 37.9. The Kier molecular flexibility index (Phi) is 7.65. The number of hydrogen-bond acceptors (Lipinski definition) is 8. The molecule has 12 heteroatoms. The lowest BCUT2D eigenvalue weighted by Gasteiger charge is -2.16. The number of hydrogen-bond donors (Lipinski definition) is 1. The number of thioether (sulfide) groups is 1. The van der Waals surface area contributed by atoms with E-state index >= 15 is 0 Å². The molecule has 0 aliphatic rings. The van der Waals surface area contributed by atoms with E-state index in [4.69, 9.17) is 22.1 Å². The van der Waals surface area contributed by atoms with E-state index in [1.54, 1.807) is 35.9 Å². The maximum atomic E-state index is 12.9. The molecule has 0 bridgehead atoms. The number of aromatic nitrogens is 5. The lowest BCUT2D eigenvalue weighted by molar-refractivity contribution is 0.102. The predicted octanol–water partition coefficient (Wildman–Crippen LogP) is 2.12. The third-order valence-electron chi connectivity index (χ3n) is 4.85. The number of nitrogen functional groups attached to an aromatic ring is 1. The smallest absolute Gasteiger partial charge is 0.332 e. The van der Waals surface area contributed by atoms with Crippen molar-refractivity contribution in [2.75, 3.05) is 11.5 Å². The number of rotatable bonds is 9. The summed E-state index contributed by atoms with van der Waals surface area (Å²) in [7, 11) is 3.09. The van der Waals surface area contributed by atoms with Crippen molar-refractivity contribution in [1.82, 2.24) is 23.9 Å². The molecule has 0 unspecified atom stereocenters. The van der Waals surface area contributed by atoms with Gasteiger partial charge in [0.2, 0.25) is 0 Å². The Morgan fingerprint density at radius 2 is 1.82 bits per heavy atom. The van der Waals surface area contributed by atoms with Gasteiger partial charge in [-0.1, -0.05) is 37.2 Å². The van der Waals surface area contributed by atoms with Crippen molar-refractivity contribution in [3.05, 3.63) is 61.5 Å². The van der Waals surface area contributed by atoms with E-state index in [1.165, 1.54) is 11.6 Å². The van der Waals surface area contributed by atoms with Crippen LogP contribution in [0, 0.1) is 5.92 Å². The Labute approximate surface area is 199 Å². The number of nitrogens with two attached hydrogens (primary N) is 1. The van der Waals surface area contributed by atoms with Gasteiger partial charge in [0.25, 0.3) is 5.56 Å². The van der Waals surface area contributed by atoms with Crippen molar-refractivity contribution >= 4 is 35.0 Å². The topological polar surface area (TPSA) is 127 Å². The van der Waals surface area contributed by atoms with Crippen LogP contribution in [0.2, 0.25) is 5.02 Å². The molecular formula is C21H25ClN6O4S. The van der Waals surface area contributed by atoms with Gasteiger partial charge < -0.3 is 15.0 Å². The summed E-state index contributed by atoms with van der Waals surface area (Å²) in [5, 5.41) is 9.28. The van der Waals surface area contributed by atoms with E-state index < -0.39 is 17.0 Å². The molecule has 2 heterocycles. The summed E-state index contributed by atoms with van der Waals surface area (Å²) in [6, 6.07) is 6.94. The zero-order chi connectivity index (χ0) is 24.3. The molecule has 2 aromatic heterocycles. The first-order valence-corrected chi connectivity index (χ1v) is 11.5. The standard InChI is InChI=1S/C21H25ClN6O4S/c1-12(2)9-28-18(23)17(19(30)27(4)21(28)31)15(29)11-33-20-25-24-16(26(20)3)10-32-14-7-5-13(22)6-8-14/h5-8,12H,9-11,23H2,1-4H3. The summed E-state index contributed by atoms with van der Waals surface area (Å²) in [5.41, 5.74) is 4.62. The number of halogens is 1. The largest absolute Gasteiger partial charge is 0.486 e. The number of ether oxygens (including phenoxy) is 1. The predicted molar refractivity (Wildman–Crippen MR) is 127 cm³/mol. The summed E-state index contributed by atoms with van der Waals surface area (Å²) in [6.45, 7) is 4.30. The molecule has 2 N–H and O–H groups in total. The molecular weight excluding hydrogens is 468 g/mol. The molecule has 0 fully saturated rings. The van der Waals surface area contributed by atoms with Crippen LogP contribution in [0.4, 0.5) is 5.82 Å². The summed E-state index contributed by atoms with van der Waals surface area (Å²) < 4.78 is 9.56. The lowest BCUT2D eigenvalue weighted by Crippen LogP contribution is -2.43. The summed E-state index contributed by atoms with van der Waals surface area (Å²) in [5.74, 6) is 0.598. The minimum absolute atomic E-state index is 0.0939. The van der Waals surface area contributed by atoms with Crippen LogP contribution in [0.3, 0.4) is 0 Å². The molecule has 3 aromatic rings. The third kappa shape index (κ3) is 5.48. The van der Waals surface area contributed by atoms with Crippen LogP contribution in [0.5, 0.6) is 5.75 Å². The second-order valence-electron chi connectivity index (χ2n) is 7.82. The van der Waals surface area contributed by atoms with Crippen LogP contribution in [0.25, 0.3) is 0 Å². The van der Waals surface area contributed by atoms with Crippen molar-refractivity contribution in [3.63, 3.8) is 0 Å². The van der Waals surface area contributed by atoms with Gasteiger partial charge in [-0.15, -0.1) is 10.2 Å². The van der Waals surface area contributed by atoms with Gasteiger partial charge in [0, 0.05) is 25.7 Å². The average molecular weight is 493 g/mol. The minimum Gasteiger partial charge on any atom is -0.486 e. The van der Waals surface area contributed by atoms with E-state index in [1.807, 2.05) is 13.8 Å². The number of anilines is 1. The fraction of sp³-hybridized carbons (Fsp3) is 0.381. The van der Waals surface area contributed by atoms with Crippen molar-refractivity contribution in [1.29, 1.82) is 0 Å². The van der Waals surface area contributed by atoms with E-state index in [0.29, 0.717) is 28.3 Å². The highest BCUT2D eigenvalue weighted by Gasteiger charge is 2.23. The Bertz CT molecular complexity index is 1280. The number of Topliss-reactive ketones (excluding diaryl/α,β-unsaturated/α-hetero) is 1. The first-order chi connectivity index (χ1) is 15.6. The number of carbonyl (C=O) groups excluding carboxylic acids is 1. The van der Waals surface area contributed by atoms with Crippen LogP contribution in [0.15, 0.2) is 39.0 Å². The molecule has 0 spiro atoms. The van der Waals surface area contributed by atoms with E-state index in [0.717, 1.165) is 16.3 Å². The fourth-order valence-corrected chi connectivity index (χ4v) is 3.99. The number of carbonyl (C=O) groups is 1. The second kappa shape index (κ2) is 10.3. The molecule has 3 rings (SSSR count). The Morgan fingerprint density at radius 3 is 2.45 bits per heavy atom. The van der Waals surface area contributed by atoms with E-state index in [9.17, 15) is 14.4 Å². The van der Waals surface area contributed by atoms with Gasteiger partial charge in [0.05, 0.1) is 5.75 Å². The highest BCUT2D eigenvalue weighted by Crippen LogP contribution is 2.20. The first kappa shape index (κ1) is 24.6. The van der Waals surface area contributed by atoms with Gasteiger partial charge in [-0.3, -0.25) is 18.7 Å². The molecule has 33 heavy (non-hydrogen) atoms. The molecule has 0 aliphatic heterocycles. The van der Waals surface area contributed by atoms with Crippen LogP contribution < -0.4 is 21.7 Å². The van der Waals surface area contributed by atoms with Crippen LogP contribution in [-0.2, 0) is 27.2 Å².